The standard InChI is InChI=1S/C28H35N5O4/c1-37-25-10-4-9-22-21(25)14-23(32-22)28(36)33-16-19(17-6-2-3-7-17)13-24(33)27(35)31-20(15-29)12-18-8-5-11-30-26(18)34/h4,9-10,14,17-20,24,32H,2-3,5-8,11-13,16H2,1H3,(H,30,34)(H,31,35)/t18-,19?,20?,24?/m0/s1. The molecular weight excluding hydrogens is 470 g/mol. The van der Waals surface area contributed by atoms with Gasteiger partial charge in [-0.05, 0) is 55.7 Å². The van der Waals surface area contributed by atoms with Crippen molar-refractivity contribution in [3.8, 4) is 11.8 Å². The Balaban J connectivity index is 1.35. The fourth-order valence-electron chi connectivity index (χ4n) is 6.44. The second kappa shape index (κ2) is 10.8. The van der Waals surface area contributed by atoms with Crippen LogP contribution in [0.15, 0.2) is 24.3 Å². The van der Waals surface area contributed by atoms with Gasteiger partial charge >= 0.3 is 0 Å². The molecule has 4 atom stereocenters. The number of rotatable bonds is 7. The normalized spacial score (nSPS) is 25.0. The SMILES string of the molecule is COc1cccc2[nH]c(C(=O)N3CC(C4CCCC4)CC3C(=O)NC(C#N)C[C@@H]3CCCNC3=O)cc12. The number of hydrogen-bond acceptors (Lipinski definition) is 5. The topological polar surface area (TPSA) is 127 Å². The van der Waals surface area contributed by atoms with E-state index in [2.05, 4.69) is 21.7 Å². The van der Waals surface area contributed by atoms with Crippen molar-refractivity contribution < 1.29 is 19.1 Å². The van der Waals surface area contributed by atoms with Crippen LogP contribution in [0.3, 0.4) is 0 Å². The number of nitrogens with zero attached hydrogens (tertiary/aromatic N) is 2. The number of H-pyrrole nitrogens is 1. The van der Waals surface area contributed by atoms with E-state index in [4.69, 9.17) is 4.74 Å². The number of methoxy groups -OCH3 is 1. The number of nitrogens with one attached hydrogen (secondary N) is 3. The monoisotopic (exact) mass is 505 g/mol. The van der Waals surface area contributed by atoms with E-state index >= 15 is 0 Å². The van der Waals surface area contributed by atoms with Gasteiger partial charge in [0.25, 0.3) is 5.91 Å². The third-order valence-corrected chi connectivity index (χ3v) is 8.43. The molecule has 9 heteroatoms. The van der Waals surface area contributed by atoms with Crippen molar-refractivity contribution in [2.45, 2.75) is 63.5 Å². The molecule has 0 radical (unpaired) electrons. The predicted octanol–water partition coefficient (Wildman–Crippen LogP) is 3.12. The van der Waals surface area contributed by atoms with Crippen molar-refractivity contribution >= 4 is 28.6 Å². The zero-order chi connectivity index (χ0) is 25.9. The molecule has 2 aliphatic heterocycles. The van der Waals surface area contributed by atoms with Gasteiger partial charge in [-0.1, -0.05) is 31.7 Å². The number of nitriles is 1. The molecular formula is C28H35N5O4. The third kappa shape index (κ3) is 5.15. The quantitative estimate of drug-likeness (QED) is 0.533. The number of amides is 3. The van der Waals surface area contributed by atoms with Gasteiger partial charge in [0, 0.05) is 29.9 Å². The van der Waals surface area contributed by atoms with E-state index in [1.165, 1.54) is 12.8 Å². The summed E-state index contributed by atoms with van der Waals surface area (Å²) in [5.41, 5.74) is 1.21. The first-order valence-electron chi connectivity index (χ1n) is 13.4. The summed E-state index contributed by atoms with van der Waals surface area (Å²) in [4.78, 5) is 44.4. The highest BCUT2D eigenvalue weighted by Crippen LogP contribution is 2.39. The third-order valence-electron chi connectivity index (χ3n) is 8.43. The zero-order valence-corrected chi connectivity index (χ0v) is 21.3. The van der Waals surface area contributed by atoms with E-state index in [9.17, 15) is 19.6 Å². The number of aromatic amines is 1. The molecule has 0 bridgehead atoms. The van der Waals surface area contributed by atoms with Gasteiger partial charge in [-0.25, -0.2) is 0 Å². The maximum atomic E-state index is 13.8. The van der Waals surface area contributed by atoms with E-state index < -0.39 is 12.1 Å². The number of ether oxygens (including phenoxy) is 1. The molecule has 3 aliphatic rings. The molecule has 3 N–H and O–H groups in total. The molecule has 1 aliphatic carbocycles. The zero-order valence-electron chi connectivity index (χ0n) is 21.3. The fourth-order valence-corrected chi connectivity index (χ4v) is 6.44. The van der Waals surface area contributed by atoms with E-state index in [1.54, 1.807) is 18.1 Å². The van der Waals surface area contributed by atoms with Crippen molar-refractivity contribution in [1.82, 2.24) is 20.5 Å². The molecule has 9 nitrogen and oxygen atoms in total. The van der Waals surface area contributed by atoms with Crippen molar-refractivity contribution in [2.75, 3.05) is 20.2 Å². The molecule has 3 fully saturated rings. The lowest BCUT2D eigenvalue weighted by atomic mass is 9.88. The van der Waals surface area contributed by atoms with Crippen molar-refractivity contribution in [3.05, 3.63) is 30.0 Å². The second-order valence-electron chi connectivity index (χ2n) is 10.7. The Morgan fingerprint density at radius 3 is 2.76 bits per heavy atom. The highest BCUT2D eigenvalue weighted by atomic mass is 16.5. The van der Waals surface area contributed by atoms with Gasteiger partial charge in [0.15, 0.2) is 0 Å². The number of benzene rings is 1. The molecule has 37 heavy (non-hydrogen) atoms. The summed E-state index contributed by atoms with van der Waals surface area (Å²) in [6.45, 7) is 1.18. The number of fused-ring (bicyclic) bond motifs is 1. The number of carbonyl (C=O) groups excluding carboxylic acids is 3. The van der Waals surface area contributed by atoms with Gasteiger partial charge in [-0.15, -0.1) is 0 Å². The van der Waals surface area contributed by atoms with Crippen LogP contribution in [0.2, 0.25) is 0 Å². The first-order chi connectivity index (χ1) is 18.0. The smallest absolute Gasteiger partial charge is 0.270 e. The van der Waals surface area contributed by atoms with E-state index in [0.29, 0.717) is 43.3 Å². The fraction of sp³-hybridized carbons (Fsp3) is 0.571. The van der Waals surface area contributed by atoms with Crippen LogP contribution >= 0.6 is 0 Å². The summed E-state index contributed by atoms with van der Waals surface area (Å²) in [5.74, 6) is 0.557. The minimum Gasteiger partial charge on any atom is -0.496 e. The minimum absolute atomic E-state index is 0.0612. The largest absolute Gasteiger partial charge is 0.496 e. The summed E-state index contributed by atoms with van der Waals surface area (Å²) in [6, 6.07) is 8.12. The lowest BCUT2D eigenvalue weighted by Crippen LogP contribution is -2.49. The maximum Gasteiger partial charge on any atom is 0.270 e. The Kier molecular flexibility index (Phi) is 7.36. The number of likely N-dealkylation sites (tertiary alicyclic amines) is 1. The molecule has 2 saturated heterocycles. The summed E-state index contributed by atoms with van der Waals surface area (Å²) in [6.07, 6.45) is 7.08. The van der Waals surface area contributed by atoms with E-state index in [-0.39, 0.29) is 36.0 Å². The molecule has 1 aromatic heterocycles. The Labute approximate surface area is 216 Å². The van der Waals surface area contributed by atoms with Crippen LogP contribution in [-0.4, -0.2) is 59.9 Å². The Morgan fingerprint density at radius 1 is 1.22 bits per heavy atom. The van der Waals surface area contributed by atoms with Crippen LogP contribution in [0.4, 0.5) is 0 Å². The summed E-state index contributed by atoms with van der Waals surface area (Å²) < 4.78 is 5.45. The van der Waals surface area contributed by atoms with Gasteiger partial charge in [0.1, 0.15) is 23.5 Å². The van der Waals surface area contributed by atoms with Crippen molar-refractivity contribution in [2.24, 2.45) is 17.8 Å². The number of carbonyl (C=O) groups is 3. The average Bonchev–Trinajstić information content (AvgIpc) is 3.68. The van der Waals surface area contributed by atoms with Crippen LogP contribution in [0.5, 0.6) is 5.75 Å². The van der Waals surface area contributed by atoms with Crippen LogP contribution in [0.1, 0.15) is 61.9 Å². The molecule has 3 amide bonds. The van der Waals surface area contributed by atoms with Crippen molar-refractivity contribution in [1.29, 1.82) is 5.26 Å². The van der Waals surface area contributed by atoms with Gasteiger partial charge in [-0.2, -0.15) is 5.26 Å². The van der Waals surface area contributed by atoms with Crippen LogP contribution in [0, 0.1) is 29.1 Å². The lowest BCUT2D eigenvalue weighted by Gasteiger charge is -2.27. The number of hydrogen-bond donors (Lipinski definition) is 3. The first kappa shape index (κ1) is 25.1. The van der Waals surface area contributed by atoms with Crippen LogP contribution in [0.25, 0.3) is 10.9 Å². The average molecular weight is 506 g/mol. The lowest BCUT2D eigenvalue weighted by molar-refractivity contribution is -0.128. The highest BCUT2D eigenvalue weighted by molar-refractivity contribution is 6.01. The molecule has 3 unspecified atom stereocenters. The summed E-state index contributed by atoms with van der Waals surface area (Å²) in [7, 11) is 1.60. The first-order valence-corrected chi connectivity index (χ1v) is 13.4. The second-order valence-corrected chi connectivity index (χ2v) is 10.7. The molecule has 1 aromatic carbocycles. The van der Waals surface area contributed by atoms with Gasteiger partial charge < -0.3 is 25.3 Å². The highest BCUT2D eigenvalue weighted by Gasteiger charge is 2.44. The molecule has 2 aromatic rings. The predicted molar refractivity (Wildman–Crippen MR) is 138 cm³/mol. The van der Waals surface area contributed by atoms with Crippen LogP contribution < -0.4 is 15.4 Å². The minimum atomic E-state index is -0.777. The molecule has 0 spiro atoms. The maximum absolute atomic E-state index is 13.8. The molecule has 5 rings (SSSR count). The van der Waals surface area contributed by atoms with Crippen molar-refractivity contribution in [3.63, 3.8) is 0 Å². The Bertz CT molecular complexity index is 1210. The number of piperidine rings is 1. The van der Waals surface area contributed by atoms with E-state index in [0.717, 1.165) is 30.2 Å². The van der Waals surface area contributed by atoms with Crippen LogP contribution in [-0.2, 0) is 9.59 Å². The molecule has 196 valence electrons. The summed E-state index contributed by atoms with van der Waals surface area (Å²) >= 11 is 0. The molecule has 3 heterocycles. The number of aromatic nitrogens is 1. The van der Waals surface area contributed by atoms with Gasteiger partial charge in [0.05, 0.1) is 13.2 Å². The molecule has 1 saturated carbocycles. The van der Waals surface area contributed by atoms with E-state index in [1.807, 2.05) is 18.2 Å². The van der Waals surface area contributed by atoms with Gasteiger partial charge in [0.2, 0.25) is 11.8 Å². The summed E-state index contributed by atoms with van der Waals surface area (Å²) in [5, 5.41) is 16.3. The van der Waals surface area contributed by atoms with Gasteiger partial charge in [-0.3, -0.25) is 14.4 Å². The Morgan fingerprint density at radius 2 is 2.03 bits per heavy atom. The Hall–Kier alpha value is -3.54.